The van der Waals surface area contributed by atoms with Crippen LogP contribution < -0.4 is 10.2 Å². The van der Waals surface area contributed by atoms with E-state index in [1.165, 1.54) is 0 Å². The highest BCUT2D eigenvalue weighted by Gasteiger charge is 2.14. The van der Waals surface area contributed by atoms with Gasteiger partial charge in [-0.2, -0.15) is 4.98 Å². The third-order valence-electron chi connectivity index (χ3n) is 3.13. The minimum atomic E-state index is 0.504. The van der Waals surface area contributed by atoms with Crippen LogP contribution in [0.4, 0.5) is 17.5 Å². The Bertz CT molecular complexity index is 632. The molecule has 0 radical (unpaired) electrons. The standard InChI is InChI=1S/C14H14Cl2N4O/c15-11-2-1-10(9-12(11)16)18-13-3-4-17-14(19-13)20-5-7-21-8-6-20/h1-4,9H,5-8H2,(H,17,18,19). The Morgan fingerprint density at radius 2 is 1.90 bits per heavy atom. The summed E-state index contributed by atoms with van der Waals surface area (Å²) in [5, 5.41) is 4.23. The Balaban J connectivity index is 1.77. The number of halogens is 2. The van der Waals surface area contributed by atoms with Crippen molar-refractivity contribution in [3.63, 3.8) is 0 Å². The number of hydrogen-bond donors (Lipinski definition) is 1. The van der Waals surface area contributed by atoms with Crippen molar-refractivity contribution >= 4 is 40.7 Å². The van der Waals surface area contributed by atoms with E-state index in [0.29, 0.717) is 35.0 Å². The van der Waals surface area contributed by atoms with Crippen LogP contribution in [0.2, 0.25) is 10.0 Å². The van der Waals surface area contributed by atoms with Gasteiger partial charge in [-0.3, -0.25) is 0 Å². The first-order valence-corrected chi connectivity index (χ1v) is 7.36. The molecule has 1 N–H and O–H groups in total. The Kier molecular flexibility index (Phi) is 4.43. The zero-order valence-electron chi connectivity index (χ0n) is 11.2. The molecular formula is C14H14Cl2N4O. The Morgan fingerprint density at radius 1 is 1.10 bits per heavy atom. The number of anilines is 3. The highest BCUT2D eigenvalue weighted by molar-refractivity contribution is 6.42. The molecule has 0 spiro atoms. The highest BCUT2D eigenvalue weighted by Crippen LogP contribution is 2.26. The largest absolute Gasteiger partial charge is 0.378 e. The van der Waals surface area contributed by atoms with E-state index < -0.39 is 0 Å². The van der Waals surface area contributed by atoms with Crippen molar-refractivity contribution in [2.75, 3.05) is 36.5 Å². The van der Waals surface area contributed by atoms with Crippen LogP contribution in [0.15, 0.2) is 30.5 Å². The lowest BCUT2D eigenvalue weighted by Crippen LogP contribution is -2.37. The second kappa shape index (κ2) is 6.47. The van der Waals surface area contributed by atoms with Gasteiger partial charge >= 0.3 is 0 Å². The summed E-state index contributed by atoms with van der Waals surface area (Å²) < 4.78 is 5.33. The summed E-state index contributed by atoms with van der Waals surface area (Å²) in [4.78, 5) is 10.9. The topological polar surface area (TPSA) is 50.3 Å². The van der Waals surface area contributed by atoms with Gasteiger partial charge in [0.25, 0.3) is 0 Å². The van der Waals surface area contributed by atoms with Crippen LogP contribution in [0.5, 0.6) is 0 Å². The van der Waals surface area contributed by atoms with Gasteiger partial charge in [0.15, 0.2) is 0 Å². The number of nitrogens with zero attached hydrogens (tertiary/aromatic N) is 3. The molecule has 1 fully saturated rings. The Morgan fingerprint density at radius 3 is 2.67 bits per heavy atom. The number of rotatable bonds is 3. The quantitative estimate of drug-likeness (QED) is 0.938. The minimum Gasteiger partial charge on any atom is -0.378 e. The monoisotopic (exact) mass is 324 g/mol. The summed E-state index contributed by atoms with van der Waals surface area (Å²) in [6.45, 7) is 3.01. The maximum Gasteiger partial charge on any atom is 0.227 e. The number of hydrogen-bond acceptors (Lipinski definition) is 5. The van der Waals surface area contributed by atoms with Gasteiger partial charge in [0, 0.05) is 25.0 Å². The molecule has 0 bridgehead atoms. The number of ether oxygens (including phenoxy) is 1. The first-order valence-electron chi connectivity index (χ1n) is 6.60. The number of nitrogens with one attached hydrogen (secondary N) is 1. The maximum absolute atomic E-state index is 6.01. The van der Waals surface area contributed by atoms with E-state index in [1.807, 2.05) is 12.1 Å². The second-order valence-electron chi connectivity index (χ2n) is 4.60. The van der Waals surface area contributed by atoms with Crippen LogP contribution in [0, 0.1) is 0 Å². The molecule has 21 heavy (non-hydrogen) atoms. The fraction of sp³-hybridized carbons (Fsp3) is 0.286. The summed E-state index contributed by atoms with van der Waals surface area (Å²) in [5.41, 5.74) is 0.830. The van der Waals surface area contributed by atoms with E-state index in [0.717, 1.165) is 18.8 Å². The fourth-order valence-corrected chi connectivity index (χ4v) is 2.35. The van der Waals surface area contributed by atoms with E-state index in [9.17, 15) is 0 Å². The maximum atomic E-state index is 6.01. The molecule has 1 aliphatic heterocycles. The van der Waals surface area contributed by atoms with E-state index >= 15 is 0 Å². The van der Waals surface area contributed by atoms with Crippen LogP contribution >= 0.6 is 23.2 Å². The molecule has 5 nitrogen and oxygen atoms in total. The van der Waals surface area contributed by atoms with Gasteiger partial charge in [0.05, 0.1) is 23.3 Å². The Labute approximate surface area is 132 Å². The van der Waals surface area contributed by atoms with E-state index in [1.54, 1.807) is 18.3 Å². The van der Waals surface area contributed by atoms with Crippen LogP contribution in [-0.2, 0) is 4.74 Å². The van der Waals surface area contributed by atoms with Gasteiger partial charge < -0.3 is 15.0 Å². The molecule has 0 amide bonds. The lowest BCUT2D eigenvalue weighted by atomic mass is 10.3. The average Bonchev–Trinajstić information content (AvgIpc) is 2.52. The van der Waals surface area contributed by atoms with E-state index in [-0.39, 0.29) is 0 Å². The fourth-order valence-electron chi connectivity index (χ4n) is 2.06. The molecule has 1 aromatic carbocycles. The van der Waals surface area contributed by atoms with Crippen molar-refractivity contribution in [2.24, 2.45) is 0 Å². The average molecular weight is 325 g/mol. The number of aromatic nitrogens is 2. The molecule has 0 aliphatic carbocycles. The van der Waals surface area contributed by atoms with Gasteiger partial charge in [0.2, 0.25) is 5.95 Å². The zero-order chi connectivity index (χ0) is 14.7. The lowest BCUT2D eigenvalue weighted by Gasteiger charge is -2.26. The van der Waals surface area contributed by atoms with Crippen LogP contribution in [0.3, 0.4) is 0 Å². The Hall–Kier alpha value is -1.56. The predicted molar refractivity (Wildman–Crippen MR) is 84.8 cm³/mol. The summed E-state index contributed by atoms with van der Waals surface area (Å²) in [6.07, 6.45) is 1.73. The first-order chi connectivity index (χ1) is 10.2. The molecule has 0 unspecified atom stereocenters. The van der Waals surface area contributed by atoms with Gasteiger partial charge in [-0.1, -0.05) is 23.2 Å². The smallest absolute Gasteiger partial charge is 0.227 e. The highest BCUT2D eigenvalue weighted by atomic mass is 35.5. The molecule has 7 heteroatoms. The minimum absolute atomic E-state index is 0.504. The van der Waals surface area contributed by atoms with Crippen LogP contribution in [0.1, 0.15) is 0 Å². The van der Waals surface area contributed by atoms with Gasteiger partial charge in [-0.25, -0.2) is 4.98 Å². The van der Waals surface area contributed by atoms with Crippen molar-refractivity contribution in [2.45, 2.75) is 0 Å². The van der Waals surface area contributed by atoms with Crippen molar-refractivity contribution in [3.05, 3.63) is 40.5 Å². The van der Waals surface area contributed by atoms with Crippen molar-refractivity contribution in [1.82, 2.24) is 9.97 Å². The zero-order valence-corrected chi connectivity index (χ0v) is 12.7. The molecule has 110 valence electrons. The van der Waals surface area contributed by atoms with Crippen LogP contribution in [0.25, 0.3) is 0 Å². The van der Waals surface area contributed by atoms with Gasteiger partial charge in [0.1, 0.15) is 5.82 Å². The molecule has 2 aromatic rings. The molecular weight excluding hydrogens is 311 g/mol. The van der Waals surface area contributed by atoms with E-state index in [4.69, 9.17) is 27.9 Å². The summed E-state index contributed by atoms with van der Waals surface area (Å²) >= 11 is 11.9. The SMILES string of the molecule is Clc1ccc(Nc2ccnc(N3CCOCC3)n2)cc1Cl. The second-order valence-corrected chi connectivity index (χ2v) is 5.41. The molecule has 1 aliphatic rings. The lowest BCUT2D eigenvalue weighted by molar-refractivity contribution is 0.122. The molecule has 1 aromatic heterocycles. The molecule has 2 heterocycles. The van der Waals surface area contributed by atoms with E-state index in [2.05, 4.69) is 20.2 Å². The molecule has 0 atom stereocenters. The number of benzene rings is 1. The third-order valence-corrected chi connectivity index (χ3v) is 3.87. The molecule has 3 rings (SSSR count). The molecule has 1 saturated heterocycles. The predicted octanol–water partition coefficient (Wildman–Crippen LogP) is 3.36. The van der Waals surface area contributed by atoms with Gasteiger partial charge in [-0.15, -0.1) is 0 Å². The van der Waals surface area contributed by atoms with Crippen molar-refractivity contribution in [3.8, 4) is 0 Å². The third kappa shape index (κ3) is 3.56. The summed E-state index contributed by atoms with van der Waals surface area (Å²) in [5.74, 6) is 1.41. The summed E-state index contributed by atoms with van der Waals surface area (Å²) in [7, 11) is 0. The van der Waals surface area contributed by atoms with Gasteiger partial charge in [-0.05, 0) is 24.3 Å². The van der Waals surface area contributed by atoms with Crippen molar-refractivity contribution in [1.29, 1.82) is 0 Å². The van der Waals surface area contributed by atoms with Crippen molar-refractivity contribution < 1.29 is 4.74 Å². The summed E-state index contributed by atoms with van der Waals surface area (Å²) in [6, 6.07) is 7.17. The number of morpholine rings is 1. The normalized spacial score (nSPS) is 15.0. The van der Waals surface area contributed by atoms with Crippen LogP contribution in [-0.4, -0.2) is 36.3 Å². The first kappa shape index (κ1) is 14.4. The molecule has 0 saturated carbocycles.